The second-order valence-electron chi connectivity index (χ2n) is 7.99. The third kappa shape index (κ3) is 6.25. The Hall–Kier alpha value is -3.08. The van der Waals surface area contributed by atoms with Gasteiger partial charge in [0, 0.05) is 51.6 Å². The summed E-state index contributed by atoms with van der Waals surface area (Å²) in [5, 5.41) is 16.3. The molecule has 8 nitrogen and oxygen atoms in total. The van der Waals surface area contributed by atoms with Gasteiger partial charge in [-0.05, 0) is 42.8 Å². The maximum Gasteiger partial charge on any atom is 0.246 e. The van der Waals surface area contributed by atoms with Crippen LogP contribution in [0, 0.1) is 18.6 Å². The Bertz CT molecular complexity index is 1060. The monoisotopic (exact) mass is 460 g/mol. The fourth-order valence-electron chi connectivity index (χ4n) is 3.85. The zero-order chi connectivity index (χ0) is 23.2. The highest BCUT2D eigenvalue weighted by molar-refractivity contribution is 5.64. The number of piperazine rings is 1. The molecule has 1 aromatic heterocycles. The van der Waals surface area contributed by atoms with Gasteiger partial charge < -0.3 is 20.1 Å². The van der Waals surface area contributed by atoms with E-state index in [0.29, 0.717) is 19.2 Å². The molecule has 1 aliphatic rings. The summed E-state index contributed by atoms with van der Waals surface area (Å²) < 4.78 is 33.7. The van der Waals surface area contributed by atoms with E-state index in [-0.39, 0.29) is 13.7 Å². The van der Waals surface area contributed by atoms with Crippen LogP contribution >= 0.6 is 0 Å². The van der Waals surface area contributed by atoms with Crippen molar-refractivity contribution in [2.24, 2.45) is 0 Å². The van der Waals surface area contributed by atoms with E-state index < -0.39 is 11.6 Å². The van der Waals surface area contributed by atoms with Crippen molar-refractivity contribution in [3.8, 4) is 5.69 Å². The van der Waals surface area contributed by atoms with E-state index in [0.717, 1.165) is 55.7 Å². The molecule has 1 saturated heterocycles. The normalized spacial score (nSPS) is 14.6. The number of aliphatic hydroxyl groups excluding tert-OH is 1. The van der Waals surface area contributed by atoms with Gasteiger partial charge in [0.2, 0.25) is 5.95 Å². The van der Waals surface area contributed by atoms with Crippen LogP contribution in [0.1, 0.15) is 6.99 Å². The van der Waals surface area contributed by atoms with E-state index in [1.807, 2.05) is 13.0 Å². The van der Waals surface area contributed by atoms with Gasteiger partial charge in [0.15, 0.2) is 0 Å². The number of nitrogens with zero attached hydrogens (tertiary/aromatic N) is 5. The van der Waals surface area contributed by atoms with Crippen LogP contribution < -0.4 is 10.2 Å². The number of nitrogens with one attached hydrogen (secondary N) is 1. The van der Waals surface area contributed by atoms with Crippen LogP contribution in [0.25, 0.3) is 5.69 Å². The van der Waals surface area contributed by atoms with E-state index in [9.17, 15) is 8.78 Å². The molecular formula is C23H30F2N6O2. The van der Waals surface area contributed by atoms with E-state index >= 15 is 0 Å². The standard InChI is InChI=1S/C23H28F2N6O2.H2/c1-17-10-20(27-23-26-16-31(28-23)22-13-18(24)12-19(25)14-22)15-21(11-17)30-4-2-29(3-5-30)6-8-33-9-7-32;/h10-16,32H,2-9H2,1H3,(H,27,28);1H. The molecule has 2 N–H and O–H groups in total. The second kappa shape index (κ2) is 10.7. The van der Waals surface area contributed by atoms with E-state index in [2.05, 4.69) is 37.3 Å². The molecule has 0 radical (unpaired) electrons. The number of aryl methyl sites for hydroxylation is 1. The maximum absolute atomic E-state index is 13.5. The number of benzene rings is 2. The molecule has 2 aromatic carbocycles. The molecule has 4 rings (SSSR count). The lowest BCUT2D eigenvalue weighted by Gasteiger charge is -2.36. The number of aliphatic hydroxyl groups is 1. The Morgan fingerprint density at radius 2 is 1.76 bits per heavy atom. The average molecular weight is 461 g/mol. The largest absolute Gasteiger partial charge is 0.394 e. The molecule has 178 valence electrons. The van der Waals surface area contributed by atoms with Gasteiger partial charge in [-0.3, -0.25) is 4.90 Å². The minimum atomic E-state index is -0.670. The summed E-state index contributed by atoms with van der Waals surface area (Å²) in [7, 11) is 0. The molecule has 0 saturated carbocycles. The summed E-state index contributed by atoms with van der Waals surface area (Å²) in [6.45, 7) is 7.64. The van der Waals surface area contributed by atoms with E-state index in [1.165, 1.54) is 23.1 Å². The minimum Gasteiger partial charge on any atom is -0.394 e. The van der Waals surface area contributed by atoms with E-state index in [1.54, 1.807) is 0 Å². The Balaban J connectivity index is 0.00000324. The highest BCUT2D eigenvalue weighted by Crippen LogP contribution is 2.25. The first-order valence-corrected chi connectivity index (χ1v) is 10.9. The van der Waals surface area contributed by atoms with Crippen molar-refractivity contribution in [2.75, 3.05) is 62.8 Å². The third-order valence-corrected chi connectivity index (χ3v) is 5.45. The number of aromatic nitrogens is 3. The maximum atomic E-state index is 13.5. The minimum absolute atomic E-state index is 0. The molecule has 0 spiro atoms. The van der Waals surface area contributed by atoms with Crippen molar-refractivity contribution in [3.63, 3.8) is 0 Å². The highest BCUT2D eigenvalue weighted by Gasteiger charge is 2.18. The molecule has 0 atom stereocenters. The summed E-state index contributed by atoms with van der Waals surface area (Å²) in [6.07, 6.45) is 1.41. The number of hydrogen-bond donors (Lipinski definition) is 2. The number of ether oxygens (including phenoxy) is 1. The first kappa shape index (κ1) is 23.1. The zero-order valence-corrected chi connectivity index (χ0v) is 18.5. The number of anilines is 3. The van der Waals surface area contributed by atoms with Crippen molar-refractivity contribution in [1.82, 2.24) is 19.7 Å². The average Bonchev–Trinajstić information content (AvgIpc) is 3.25. The quantitative estimate of drug-likeness (QED) is 0.476. The fraction of sp³-hybridized carbons (Fsp3) is 0.391. The SMILES string of the molecule is Cc1cc(Nc2ncn(-c3cc(F)cc(F)c3)n2)cc(N2CCN(CCOCCO)CC2)c1.[HH]. The van der Waals surface area contributed by atoms with Crippen molar-refractivity contribution in [2.45, 2.75) is 6.92 Å². The first-order valence-electron chi connectivity index (χ1n) is 10.9. The lowest BCUT2D eigenvalue weighted by molar-refractivity contribution is 0.0724. The lowest BCUT2D eigenvalue weighted by Crippen LogP contribution is -2.47. The van der Waals surface area contributed by atoms with E-state index in [4.69, 9.17) is 9.84 Å². The van der Waals surface area contributed by atoms with Crippen LogP contribution in [0.15, 0.2) is 42.7 Å². The van der Waals surface area contributed by atoms with Crippen LogP contribution in [0.3, 0.4) is 0 Å². The van der Waals surface area contributed by atoms with Gasteiger partial charge in [-0.2, -0.15) is 4.98 Å². The fourth-order valence-corrected chi connectivity index (χ4v) is 3.85. The predicted molar refractivity (Wildman–Crippen MR) is 124 cm³/mol. The molecule has 3 aromatic rings. The molecule has 10 heteroatoms. The Labute approximate surface area is 192 Å². The molecular weight excluding hydrogens is 430 g/mol. The van der Waals surface area contributed by atoms with Gasteiger partial charge >= 0.3 is 0 Å². The van der Waals surface area contributed by atoms with Crippen LogP contribution in [-0.2, 0) is 4.74 Å². The molecule has 1 aliphatic heterocycles. The van der Waals surface area contributed by atoms with Gasteiger partial charge in [0.25, 0.3) is 0 Å². The topological polar surface area (TPSA) is 78.7 Å². The van der Waals surface area contributed by atoms with Gasteiger partial charge in [-0.25, -0.2) is 13.5 Å². The first-order chi connectivity index (χ1) is 16.0. The van der Waals surface area contributed by atoms with Gasteiger partial charge in [-0.15, -0.1) is 5.10 Å². The lowest BCUT2D eigenvalue weighted by atomic mass is 10.1. The summed E-state index contributed by atoms with van der Waals surface area (Å²) in [5.41, 5.74) is 3.31. The number of hydrogen-bond acceptors (Lipinski definition) is 7. The van der Waals surface area contributed by atoms with Crippen molar-refractivity contribution < 1.29 is 20.1 Å². The molecule has 0 aliphatic carbocycles. The molecule has 33 heavy (non-hydrogen) atoms. The Kier molecular flexibility index (Phi) is 7.48. The third-order valence-electron chi connectivity index (χ3n) is 5.45. The van der Waals surface area contributed by atoms with Crippen LogP contribution in [0.4, 0.5) is 26.1 Å². The Morgan fingerprint density at radius 3 is 2.48 bits per heavy atom. The molecule has 0 unspecified atom stereocenters. The van der Waals surface area contributed by atoms with Gasteiger partial charge in [0.1, 0.15) is 18.0 Å². The van der Waals surface area contributed by atoms with Crippen LogP contribution in [0.2, 0.25) is 0 Å². The van der Waals surface area contributed by atoms with Crippen molar-refractivity contribution in [3.05, 3.63) is 59.9 Å². The zero-order valence-electron chi connectivity index (χ0n) is 18.5. The Morgan fingerprint density at radius 1 is 1.00 bits per heavy atom. The molecule has 1 fully saturated rings. The smallest absolute Gasteiger partial charge is 0.246 e. The predicted octanol–water partition coefficient (Wildman–Crippen LogP) is 2.97. The summed E-state index contributed by atoms with van der Waals surface area (Å²) in [6, 6.07) is 9.41. The number of rotatable bonds is 9. The summed E-state index contributed by atoms with van der Waals surface area (Å²) in [4.78, 5) is 8.91. The highest BCUT2D eigenvalue weighted by atomic mass is 19.1. The number of halogens is 2. The van der Waals surface area contributed by atoms with Crippen LogP contribution in [0.5, 0.6) is 0 Å². The van der Waals surface area contributed by atoms with Crippen LogP contribution in [-0.4, -0.2) is 77.3 Å². The second-order valence-corrected chi connectivity index (χ2v) is 7.99. The van der Waals surface area contributed by atoms with Crippen molar-refractivity contribution in [1.29, 1.82) is 0 Å². The molecule has 0 amide bonds. The molecule has 2 heterocycles. The molecule has 0 bridgehead atoms. The summed E-state index contributed by atoms with van der Waals surface area (Å²) >= 11 is 0. The van der Waals surface area contributed by atoms with Crippen molar-refractivity contribution >= 4 is 17.3 Å². The summed E-state index contributed by atoms with van der Waals surface area (Å²) in [5.74, 6) is -1.00. The van der Waals surface area contributed by atoms with Gasteiger partial charge in [-0.1, -0.05) is 0 Å². The van der Waals surface area contributed by atoms with Gasteiger partial charge in [0.05, 0.1) is 25.5 Å².